The zero-order chi connectivity index (χ0) is 13.9. The van der Waals surface area contributed by atoms with Crippen LogP contribution in [0.4, 0.5) is 0 Å². The van der Waals surface area contributed by atoms with Gasteiger partial charge >= 0.3 is 0 Å². The third-order valence-electron chi connectivity index (χ3n) is 2.93. The average molecular weight is 270 g/mol. The highest BCUT2D eigenvalue weighted by Gasteiger charge is 2.10. The lowest BCUT2D eigenvalue weighted by atomic mass is 10.3. The topological polar surface area (TPSA) is 81.6 Å². The fraction of sp³-hybridized carbons (Fsp3) is 0.231. The maximum absolute atomic E-state index is 9.47. The molecule has 1 aromatic carbocycles. The molecule has 0 fully saturated rings. The van der Waals surface area contributed by atoms with Gasteiger partial charge in [-0.1, -0.05) is 18.2 Å². The Morgan fingerprint density at radius 2 is 2.00 bits per heavy atom. The maximum atomic E-state index is 9.47. The predicted molar refractivity (Wildman–Crippen MR) is 71.1 cm³/mol. The first-order valence-electron chi connectivity index (χ1n) is 6.28. The zero-order valence-corrected chi connectivity index (χ0v) is 11.0. The lowest BCUT2D eigenvalue weighted by Crippen LogP contribution is -2.09. The summed E-state index contributed by atoms with van der Waals surface area (Å²) < 4.78 is 3.37. The van der Waals surface area contributed by atoms with Crippen molar-refractivity contribution in [3.05, 3.63) is 54.1 Å². The van der Waals surface area contributed by atoms with Crippen LogP contribution in [0.2, 0.25) is 0 Å². The molecule has 0 unspecified atom stereocenters. The van der Waals surface area contributed by atoms with Gasteiger partial charge in [0.1, 0.15) is 6.54 Å². The monoisotopic (exact) mass is 270 g/mol. The molecule has 0 bridgehead atoms. The van der Waals surface area contributed by atoms with Crippen molar-refractivity contribution in [1.82, 2.24) is 30.0 Å². The van der Waals surface area contributed by atoms with E-state index >= 15 is 0 Å². The van der Waals surface area contributed by atoms with E-state index in [4.69, 9.17) is 0 Å². The van der Waals surface area contributed by atoms with Crippen LogP contribution < -0.4 is 0 Å². The van der Waals surface area contributed by atoms with Crippen LogP contribution in [0.15, 0.2) is 42.6 Å². The second-order valence-electron chi connectivity index (χ2n) is 4.46. The van der Waals surface area contributed by atoms with Crippen molar-refractivity contribution in [1.29, 1.82) is 0 Å². The van der Waals surface area contributed by atoms with E-state index in [2.05, 4.69) is 20.6 Å². The first-order chi connectivity index (χ1) is 9.74. The molecule has 2 aromatic heterocycles. The van der Waals surface area contributed by atoms with Gasteiger partial charge in [0.05, 0.1) is 17.5 Å². The number of rotatable bonds is 4. The SMILES string of the molecule is C[C@@H](O)c1ccn(Cc2nnnn2-c2ccccc2)n1. The molecule has 0 saturated carbocycles. The van der Waals surface area contributed by atoms with E-state index in [9.17, 15) is 5.11 Å². The Morgan fingerprint density at radius 3 is 2.70 bits per heavy atom. The van der Waals surface area contributed by atoms with Crippen molar-refractivity contribution in [2.24, 2.45) is 0 Å². The number of aliphatic hydroxyl groups excluding tert-OH is 1. The fourth-order valence-electron chi connectivity index (χ4n) is 1.91. The zero-order valence-electron chi connectivity index (χ0n) is 11.0. The minimum atomic E-state index is -0.582. The summed E-state index contributed by atoms with van der Waals surface area (Å²) in [4.78, 5) is 0. The molecule has 20 heavy (non-hydrogen) atoms. The number of benzene rings is 1. The molecule has 0 radical (unpaired) electrons. The lowest BCUT2D eigenvalue weighted by Gasteiger charge is -2.04. The summed E-state index contributed by atoms with van der Waals surface area (Å²) in [5.74, 6) is 0.677. The van der Waals surface area contributed by atoms with Gasteiger partial charge in [-0.25, -0.2) is 0 Å². The first kappa shape index (κ1) is 12.5. The second-order valence-corrected chi connectivity index (χ2v) is 4.46. The summed E-state index contributed by atoms with van der Waals surface area (Å²) in [5, 5.41) is 25.5. The number of tetrazole rings is 1. The Bertz CT molecular complexity index is 688. The Kier molecular flexibility index (Phi) is 3.26. The highest BCUT2D eigenvalue weighted by molar-refractivity contribution is 5.30. The van der Waals surface area contributed by atoms with Crippen molar-refractivity contribution >= 4 is 0 Å². The van der Waals surface area contributed by atoms with Gasteiger partial charge in [0.2, 0.25) is 0 Å². The van der Waals surface area contributed by atoms with Crippen LogP contribution >= 0.6 is 0 Å². The summed E-state index contributed by atoms with van der Waals surface area (Å²) in [6.07, 6.45) is 1.22. The van der Waals surface area contributed by atoms with Crippen LogP contribution in [0.25, 0.3) is 5.69 Å². The van der Waals surface area contributed by atoms with Crippen molar-refractivity contribution in [2.75, 3.05) is 0 Å². The Morgan fingerprint density at radius 1 is 1.20 bits per heavy atom. The molecule has 7 nitrogen and oxygen atoms in total. The van der Waals surface area contributed by atoms with E-state index in [1.54, 1.807) is 28.6 Å². The van der Waals surface area contributed by atoms with Crippen molar-refractivity contribution in [3.63, 3.8) is 0 Å². The molecular formula is C13H14N6O. The molecule has 1 N–H and O–H groups in total. The summed E-state index contributed by atoms with van der Waals surface area (Å²) in [6.45, 7) is 2.12. The molecule has 1 atom stereocenters. The van der Waals surface area contributed by atoms with Crippen LogP contribution in [0.3, 0.4) is 0 Å². The van der Waals surface area contributed by atoms with Crippen molar-refractivity contribution in [2.45, 2.75) is 19.6 Å². The molecule has 7 heteroatoms. The van der Waals surface area contributed by atoms with Crippen LogP contribution in [0, 0.1) is 0 Å². The molecule has 102 valence electrons. The van der Waals surface area contributed by atoms with E-state index in [-0.39, 0.29) is 0 Å². The standard InChI is InChI=1S/C13H14N6O/c1-10(20)12-7-8-18(15-12)9-13-14-16-17-19(13)11-5-3-2-4-6-11/h2-8,10,20H,9H2,1H3/t10-/m1/s1. The minimum Gasteiger partial charge on any atom is -0.387 e. The average Bonchev–Trinajstić information content (AvgIpc) is 3.09. The van der Waals surface area contributed by atoms with E-state index in [0.717, 1.165) is 5.69 Å². The number of aliphatic hydroxyl groups is 1. The predicted octanol–water partition coefficient (Wildman–Crippen LogP) is 0.960. The Labute approximate surface area is 115 Å². The first-order valence-corrected chi connectivity index (χ1v) is 6.28. The Hall–Kier alpha value is -2.54. The normalized spacial score (nSPS) is 12.5. The van der Waals surface area contributed by atoms with Crippen molar-refractivity contribution < 1.29 is 5.11 Å². The third kappa shape index (κ3) is 2.43. The largest absolute Gasteiger partial charge is 0.387 e. The minimum absolute atomic E-state index is 0.439. The molecule has 0 saturated heterocycles. The summed E-state index contributed by atoms with van der Waals surface area (Å²) in [7, 11) is 0. The molecule has 3 aromatic rings. The van der Waals surface area contributed by atoms with Crippen LogP contribution in [-0.2, 0) is 6.54 Å². The van der Waals surface area contributed by atoms with Gasteiger partial charge < -0.3 is 5.11 Å². The summed E-state index contributed by atoms with van der Waals surface area (Å²) in [6, 6.07) is 11.5. The number of para-hydroxylation sites is 1. The highest BCUT2D eigenvalue weighted by atomic mass is 16.3. The molecular weight excluding hydrogens is 256 g/mol. The van der Waals surface area contributed by atoms with E-state index < -0.39 is 6.10 Å². The molecule has 0 aliphatic rings. The van der Waals surface area contributed by atoms with Gasteiger partial charge in [0, 0.05) is 6.20 Å². The third-order valence-corrected chi connectivity index (χ3v) is 2.93. The maximum Gasteiger partial charge on any atom is 0.178 e. The number of hydrogen-bond donors (Lipinski definition) is 1. The van der Waals surface area contributed by atoms with Crippen LogP contribution in [0.5, 0.6) is 0 Å². The highest BCUT2D eigenvalue weighted by Crippen LogP contribution is 2.10. The van der Waals surface area contributed by atoms with Gasteiger partial charge in [-0.3, -0.25) is 4.68 Å². The van der Waals surface area contributed by atoms with Gasteiger partial charge in [0.15, 0.2) is 5.82 Å². The summed E-state index contributed by atoms with van der Waals surface area (Å²) >= 11 is 0. The number of aromatic nitrogens is 6. The molecule has 2 heterocycles. The van der Waals surface area contributed by atoms with E-state index in [0.29, 0.717) is 18.1 Å². The molecule has 3 rings (SSSR count). The quantitative estimate of drug-likeness (QED) is 0.763. The number of hydrogen-bond acceptors (Lipinski definition) is 5. The summed E-state index contributed by atoms with van der Waals surface area (Å²) in [5.41, 5.74) is 1.53. The number of nitrogens with zero attached hydrogens (tertiary/aromatic N) is 6. The smallest absolute Gasteiger partial charge is 0.178 e. The fourth-order valence-corrected chi connectivity index (χ4v) is 1.91. The van der Waals surface area contributed by atoms with E-state index in [1.165, 1.54) is 0 Å². The van der Waals surface area contributed by atoms with Gasteiger partial charge in [-0.05, 0) is 35.5 Å². The van der Waals surface area contributed by atoms with E-state index in [1.807, 2.05) is 30.3 Å². The molecule has 0 spiro atoms. The van der Waals surface area contributed by atoms with Gasteiger partial charge in [-0.15, -0.1) is 5.10 Å². The van der Waals surface area contributed by atoms with Crippen LogP contribution in [0.1, 0.15) is 24.5 Å². The van der Waals surface area contributed by atoms with Crippen molar-refractivity contribution in [3.8, 4) is 5.69 Å². The van der Waals surface area contributed by atoms with Gasteiger partial charge in [-0.2, -0.15) is 9.78 Å². The Balaban J connectivity index is 1.87. The molecule has 0 aliphatic heterocycles. The van der Waals surface area contributed by atoms with Gasteiger partial charge in [0.25, 0.3) is 0 Å². The lowest BCUT2D eigenvalue weighted by molar-refractivity contribution is 0.193. The molecule has 0 aliphatic carbocycles. The molecule has 0 amide bonds. The second kappa shape index (κ2) is 5.22. The van der Waals surface area contributed by atoms with Crippen LogP contribution in [-0.4, -0.2) is 35.1 Å².